The van der Waals surface area contributed by atoms with E-state index in [-0.39, 0.29) is 36.2 Å². The third kappa shape index (κ3) is 6.15. The molecule has 0 bridgehead atoms. The first-order valence-electron chi connectivity index (χ1n) is 9.97. The van der Waals surface area contributed by atoms with E-state index in [0.717, 1.165) is 17.3 Å². The molecule has 3 aromatic rings. The first kappa shape index (κ1) is 24.3. The van der Waals surface area contributed by atoms with E-state index >= 15 is 0 Å². The first-order valence-corrected chi connectivity index (χ1v) is 11.3. The Morgan fingerprint density at radius 1 is 1.24 bits per heavy atom. The molecule has 0 aliphatic carbocycles. The number of rotatable bonds is 9. The number of hydrogen-bond acceptors (Lipinski definition) is 6. The molecule has 0 spiro atoms. The Hall–Kier alpha value is -3.30. The lowest BCUT2D eigenvalue weighted by Gasteiger charge is -2.12. The summed E-state index contributed by atoms with van der Waals surface area (Å²) in [6.45, 7) is 5.61. The second kappa shape index (κ2) is 11.0. The zero-order valence-electron chi connectivity index (χ0n) is 18.2. The molecule has 3 rings (SSSR count). The van der Waals surface area contributed by atoms with E-state index in [1.807, 2.05) is 13.0 Å². The maximum Gasteiger partial charge on any atom is 0.262 e. The van der Waals surface area contributed by atoms with Gasteiger partial charge < -0.3 is 15.4 Å². The lowest BCUT2D eigenvalue weighted by molar-refractivity contribution is -0.122. The number of nitrogens with zero attached hydrogens (tertiary/aromatic N) is 2. The van der Waals surface area contributed by atoms with Crippen LogP contribution < -0.4 is 20.9 Å². The molecule has 0 saturated carbocycles. The van der Waals surface area contributed by atoms with Crippen LogP contribution in [0.1, 0.15) is 5.56 Å². The molecule has 1 heterocycles. The van der Waals surface area contributed by atoms with Crippen molar-refractivity contribution in [2.45, 2.75) is 18.6 Å². The molecular formula is C23H23ClN4O4S. The lowest BCUT2D eigenvalue weighted by atomic mass is 10.2. The van der Waals surface area contributed by atoms with Gasteiger partial charge in [-0.05, 0) is 42.8 Å². The maximum absolute atomic E-state index is 12.8. The van der Waals surface area contributed by atoms with Crippen molar-refractivity contribution in [2.75, 3.05) is 24.7 Å². The van der Waals surface area contributed by atoms with Crippen molar-refractivity contribution in [3.63, 3.8) is 0 Å². The van der Waals surface area contributed by atoms with E-state index in [0.29, 0.717) is 32.5 Å². The number of halogens is 1. The summed E-state index contributed by atoms with van der Waals surface area (Å²) < 4.78 is 6.68. The molecule has 8 nitrogen and oxygen atoms in total. The number of anilines is 1. The van der Waals surface area contributed by atoms with Crippen LogP contribution in [-0.4, -0.2) is 40.8 Å². The summed E-state index contributed by atoms with van der Waals surface area (Å²) in [7, 11) is 1.51. The van der Waals surface area contributed by atoms with E-state index in [9.17, 15) is 14.4 Å². The van der Waals surface area contributed by atoms with Gasteiger partial charge in [0.2, 0.25) is 11.8 Å². The van der Waals surface area contributed by atoms with Crippen LogP contribution in [0.5, 0.6) is 5.75 Å². The minimum atomic E-state index is -0.390. The molecule has 2 N–H and O–H groups in total. The van der Waals surface area contributed by atoms with Crippen LogP contribution in [0, 0.1) is 6.92 Å². The number of aromatic nitrogens is 2. The van der Waals surface area contributed by atoms with E-state index in [2.05, 4.69) is 22.2 Å². The minimum absolute atomic E-state index is 0.0311. The van der Waals surface area contributed by atoms with Crippen LogP contribution in [-0.2, 0) is 16.1 Å². The van der Waals surface area contributed by atoms with Crippen molar-refractivity contribution >= 4 is 51.8 Å². The highest BCUT2D eigenvalue weighted by atomic mass is 35.5. The summed E-state index contributed by atoms with van der Waals surface area (Å²) in [6.07, 6.45) is 1.58. The van der Waals surface area contributed by atoms with Crippen LogP contribution in [0.4, 0.5) is 5.69 Å². The van der Waals surface area contributed by atoms with Crippen molar-refractivity contribution in [1.82, 2.24) is 14.9 Å². The Bertz CT molecular complexity index is 1280. The van der Waals surface area contributed by atoms with E-state index < -0.39 is 0 Å². The second-order valence-electron chi connectivity index (χ2n) is 7.08. The number of amides is 2. The molecule has 2 aromatic carbocycles. The van der Waals surface area contributed by atoms with Gasteiger partial charge in [0.25, 0.3) is 5.56 Å². The van der Waals surface area contributed by atoms with Gasteiger partial charge in [-0.25, -0.2) is 4.98 Å². The standard InChI is InChI=1S/C23H23ClN4O4S/c1-4-9-28-22(31)16-7-6-15(24)11-17(16)27-23(28)33-13-21(30)25-12-20(29)26-18-10-14(2)5-8-19(18)32-3/h4-8,10-11H,1,9,12-13H2,2-3H3,(H,25,30)(H,26,29). The molecule has 0 aliphatic rings. The molecule has 0 fully saturated rings. The fourth-order valence-electron chi connectivity index (χ4n) is 3.05. The number of hydrogen-bond donors (Lipinski definition) is 2. The molecule has 33 heavy (non-hydrogen) atoms. The smallest absolute Gasteiger partial charge is 0.262 e. The number of carbonyl (C=O) groups excluding carboxylic acids is 2. The van der Waals surface area contributed by atoms with Crippen LogP contribution in [0.2, 0.25) is 5.02 Å². The summed E-state index contributed by atoms with van der Waals surface area (Å²) in [5.74, 6) is -0.272. The third-order valence-corrected chi connectivity index (χ3v) is 5.81. The molecule has 0 atom stereocenters. The van der Waals surface area contributed by atoms with Crippen molar-refractivity contribution in [3.05, 3.63) is 70.0 Å². The summed E-state index contributed by atoms with van der Waals surface area (Å²) >= 11 is 7.12. The number of nitrogens with one attached hydrogen (secondary N) is 2. The van der Waals surface area contributed by atoms with E-state index in [1.165, 1.54) is 11.7 Å². The topological polar surface area (TPSA) is 102 Å². The molecule has 172 valence electrons. The predicted octanol–water partition coefficient (Wildman–Crippen LogP) is 3.40. The molecule has 0 unspecified atom stereocenters. The largest absolute Gasteiger partial charge is 0.495 e. The number of aryl methyl sites for hydroxylation is 1. The Kier molecular flexibility index (Phi) is 8.13. The zero-order chi connectivity index (χ0) is 24.0. The Balaban J connectivity index is 1.64. The molecule has 2 amide bonds. The number of fused-ring (bicyclic) bond motifs is 1. The van der Waals surface area contributed by atoms with Crippen LogP contribution in [0.25, 0.3) is 10.9 Å². The van der Waals surface area contributed by atoms with Gasteiger partial charge in [0.1, 0.15) is 5.75 Å². The SMILES string of the molecule is C=CCn1c(SCC(=O)NCC(=O)Nc2cc(C)ccc2OC)nc2cc(Cl)ccc2c1=O. The summed E-state index contributed by atoms with van der Waals surface area (Å²) in [4.78, 5) is 41.9. The molecule has 0 radical (unpaired) electrons. The van der Waals surface area contributed by atoms with Gasteiger partial charge in [-0.15, -0.1) is 6.58 Å². The quantitative estimate of drug-likeness (QED) is 0.273. The third-order valence-electron chi connectivity index (χ3n) is 4.60. The summed E-state index contributed by atoms with van der Waals surface area (Å²) in [6, 6.07) is 10.3. The monoisotopic (exact) mass is 486 g/mol. The fraction of sp³-hybridized carbons (Fsp3) is 0.217. The second-order valence-corrected chi connectivity index (χ2v) is 8.46. The average Bonchev–Trinajstić information content (AvgIpc) is 2.78. The summed E-state index contributed by atoms with van der Waals surface area (Å²) in [5.41, 5.74) is 1.69. The number of benzene rings is 2. The fourth-order valence-corrected chi connectivity index (χ4v) is 4.05. The van der Waals surface area contributed by atoms with Crippen LogP contribution in [0.3, 0.4) is 0 Å². The highest BCUT2D eigenvalue weighted by Crippen LogP contribution is 2.25. The molecule has 0 saturated heterocycles. The molecule has 10 heteroatoms. The normalized spacial score (nSPS) is 10.6. The van der Waals surface area contributed by atoms with Crippen LogP contribution >= 0.6 is 23.4 Å². The number of methoxy groups -OCH3 is 1. The zero-order valence-corrected chi connectivity index (χ0v) is 19.8. The Labute approximate surface area is 200 Å². The number of ether oxygens (including phenoxy) is 1. The summed E-state index contributed by atoms with van der Waals surface area (Å²) in [5, 5.41) is 6.54. The number of thioether (sulfide) groups is 1. The van der Waals surface area contributed by atoms with E-state index in [1.54, 1.807) is 36.4 Å². The number of allylic oxidation sites excluding steroid dienone is 1. The minimum Gasteiger partial charge on any atom is -0.495 e. The highest BCUT2D eigenvalue weighted by molar-refractivity contribution is 7.99. The molecular weight excluding hydrogens is 464 g/mol. The van der Waals surface area contributed by atoms with Gasteiger partial charge >= 0.3 is 0 Å². The lowest BCUT2D eigenvalue weighted by Crippen LogP contribution is -2.34. The van der Waals surface area contributed by atoms with Gasteiger partial charge in [0.05, 0.1) is 36.0 Å². The van der Waals surface area contributed by atoms with Crippen molar-refractivity contribution in [1.29, 1.82) is 0 Å². The van der Waals surface area contributed by atoms with Gasteiger partial charge in [-0.2, -0.15) is 0 Å². The molecule has 1 aromatic heterocycles. The van der Waals surface area contributed by atoms with Crippen molar-refractivity contribution in [3.8, 4) is 5.75 Å². The average molecular weight is 487 g/mol. The first-order chi connectivity index (χ1) is 15.8. The predicted molar refractivity (Wildman–Crippen MR) is 131 cm³/mol. The number of carbonyl (C=O) groups is 2. The van der Waals surface area contributed by atoms with Gasteiger partial charge in [0.15, 0.2) is 5.16 Å². The maximum atomic E-state index is 12.8. The van der Waals surface area contributed by atoms with Crippen LogP contribution in [0.15, 0.2) is 59.0 Å². The molecule has 0 aliphatic heterocycles. The van der Waals surface area contributed by atoms with Crippen molar-refractivity contribution < 1.29 is 14.3 Å². The van der Waals surface area contributed by atoms with Gasteiger partial charge in [-0.1, -0.05) is 35.5 Å². The van der Waals surface area contributed by atoms with Gasteiger partial charge in [0, 0.05) is 11.6 Å². The van der Waals surface area contributed by atoms with E-state index in [4.69, 9.17) is 16.3 Å². The highest BCUT2D eigenvalue weighted by Gasteiger charge is 2.14. The Morgan fingerprint density at radius 2 is 2.03 bits per heavy atom. The Morgan fingerprint density at radius 3 is 2.76 bits per heavy atom. The van der Waals surface area contributed by atoms with Gasteiger partial charge in [-0.3, -0.25) is 19.0 Å². The van der Waals surface area contributed by atoms with Crippen molar-refractivity contribution in [2.24, 2.45) is 0 Å².